The van der Waals surface area contributed by atoms with Crippen LogP contribution in [0.3, 0.4) is 0 Å². The van der Waals surface area contributed by atoms with Crippen LogP contribution in [0.1, 0.15) is 5.56 Å². The lowest BCUT2D eigenvalue weighted by molar-refractivity contribution is 0.0569. The van der Waals surface area contributed by atoms with E-state index < -0.39 is 15.7 Å². The van der Waals surface area contributed by atoms with Crippen LogP contribution in [-0.4, -0.2) is 29.9 Å². The number of halogens is 1. The fraction of sp³-hybridized carbons (Fsp3) is 0.400. The molecule has 15 heavy (non-hydrogen) atoms. The summed E-state index contributed by atoms with van der Waals surface area (Å²) in [6, 6.07) is 10.1. The molecule has 0 spiro atoms. The number of rotatable bonds is 6. The van der Waals surface area contributed by atoms with Crippen LogP contribution >= 0.6 is 0 Å². The minimum absolute atomic E-state index is 0.477. The van der Waals surface area contributed by atoms with Crippen LogP contribution < -0.4 is 0 Å². The van der Waals surface area contributed by atoms with Crippen LogP contribution in [0.25, 0.3) is 0 Å². The molecule has 84 valence electrons. The average Bonchev–Trinajstić information content (AvgIpc) is 2.30. The normalized spacial score (nSPS) is 11.7. The predicted molar refractivity (Wildman–Crippen MR) is 57.0 cm³/mol. The van der Waals surface area contributed by atoms with Gasteiger partial charge in [0.05, 0.1) is 0 Å². The molecule has 0 atom stereocenters. The first-order valence-electron chi connectivity index (χ1n) is 4.60. The van der Waals surface area contributed by atoms with E-state index in [2.05, 4.69) is 0 Å². The van der Waals surface area contributed by atoms with E-state index in [0.717, 1.165) is 5.56 Å². The van der Waals surface area contributed by atoms with Crippen molar-refractivity contribution in [3.8, 4) is 0 Å². The van der Waals surface area contributed by atoms with Crippen molar-refractivity contribution in [2.24, 2.45) is 0 Å². The van der Waals surface area contributed by atoms with E-state index in [1.54, 1.807) is 0 Å². The lowest BCUT2D eigenvalue weighted by atomic mass is 10.2. The van der Waals surface area contributed by atoms with E-state index in [9.17, 15) is 4.39 Å². The number of hydrogen-bond donors (Lipinski definition) is 0. The molecule has 0 saturated heterocycles. The van der Waals surface area contributed by atoms with Crippen LogP contribution in [0.4, 0.5) is 4.39 Å². The van der Waals surface area contributed by atoms with Gasteiger partial charge in [0.1, 0.15) is 0 Å². The Labute approximate surface area is 90.1 Å². The molecule has 0 fully saturated rings. The summed E-state index contributed by atoms with van der Waals surface area (Å²) in [5.41, 5.74) is 1.02. The molecule has 1 aromatic carbocycles. The monoisotopic (exact) mass is 230 g/mol. The molecular formula is C10H15FO3Si. The van der Waals surface area contributed by atoms with Gasteiger partial charge in [0.15, 0.2) is 6.86 Å². The Hall–Kier alpha value is -0.753. The lowest BCUT2D eigenvalue weighted by Gasteiger charge is -2.24. The first kappa shape index (κ1) is 12.3. The second-order valence-corrected chi connectivity index (χ2v) is 5.83. The van der Waals surface area contributed by atoms with Gasteiger partial charge in [0, 0.05) is 20.3 Å². The van der Waals surface area contributed by atoms with Gasteiger partial charge in [-0.1, -0.05) is 30.3 Å². The zero-order valence-corrected chi connectivity index (χ0v) is 9.90. The molecule has 0 bridgehead atoms. The van der Waals surface area contributed by atoms with Crippen molar-refractivity contribution in [3.05, 3.63) is 35.9 Å². The Morgan fingerprint density at radius 2 is 1.73 bits per heavy atom. The Bertz CT molecular complexity index is 277. The van der Waals surface area contributed by atoms with Gasteiger partial charge < -0.3 is 13.3 Å². The third kappa shape index (κ3) is 3.39. The average molecular weight is 230 g/mol. The first-order chi connectivity index (χ1) is 7.26. The minimum Gasteiger partial charge on any atom is -0.377 e. The van der Waals surface area contributed by atoms with Crippen LogP contribution in [0.2, 0.25) is 0 Å². The summed E-state index contributed by atoms with van der Waals surface area (Å²) in [4.78, 5) is 0. The Morgan fingerprint density at radius 1 is 1.13 bits per heavy atom. The fourth-order valence-electron chi connectivity index (χ4n) is 1.33. The molecule has 0 amide bonds. The zero-order chi connectivity index (χ0) is 11.1. The second-order valence-electron chi connectivity index (χ2n) is 3.01. The molecule has 0 aliphatic carbocycles. The standard InChI is InChI=1S/C10H15FO3Si/c1-12-15(13-2,14-9-11)8-10-6-4-3-5-7-10/h3-7H,8-9H2,1-2H3. The molecule has 1 rings (SSSR count). The van der Waals surface area contributed by atoms with Crippen molar-refractivity contribution in [2.75, 3.05) is 21.1 Å². The minimum atomic E-state index is -2.86. The van der Waals surface area contributed by atoms with E-state index in [1.807, 2.05) is 30.3 Å². The molecule has 3 nitrogen and oxygen atoms in total. The van der Waals surface area contributed by atoms with Crippen LogP contribution in [0.5, 0.6) is 0 Å². The summed E-state index contributed by atoms with van der Waals surface area (Å²) in [5.74, 6) is 0. The third-order valence-electron chi connectivity index (χ3n) is 2.16. The maximum absolute atomic E-state index is 12.2. The van der Waals surface area contributed by atoms with Crippen molar-refractivity contribution in [1.29, 1.82) is 0 Å². The van der Waals surface area contributed by atoms with Gasteiger partial charge >= 0.3 is 8.80 Å². The van der Waals surface area contributed by atoms with E-state index in [-0.39, 0.29) is 0 Å². The van der Waals surface area contributed by atoms with Gasteiger partial charge in [-0.2, -0.15) is 0 Å². The van der Waals surface area contributed by atoms with Crippen LogP contribution in [-0.2, 0) is 19.3 Å². The van der Waals surface area contributed by atoms with Crippen molar-refractivity contribution in [2.45, 2.75) is 6.04 Å². The maximum atomic E-state index is 12.2. The molecule has 0 radical (unpaired) electrons. The Morgan fingerprint density at radius 3 is 2.20 bits per heavy atom. The van der Waals surface area contributed by atoms with Crippen LogP contribution in [0, 0.1) is 0 Å². The van der Waals surface area contributed by atoms with Gasteiger partial charge in [-0.25, -0.2) is 4.39 Å². The van der Waals surface area contributed by atoms with Gasteiger partial charge in [-0.15, -0.1) is 0 Å². The van der Waals surface area contributed by atoms with Crippen LogP contribution in [0.15, 0.2) is 30.3 Å². The third-order valence-corrected chi connectivity index (χ3v) is 4.79. The maximum Gasteiger partial charge on any atom is 0.506 e. The summed E-state index contributed by atoms with van der Waals surface area (Å²) in [7, 11) is 0.102. The van der Waals surface area contributed by atoms with E-state index in [0.29, 0.717) is 6.04 Å². The molecule has 0 aromatic heterocycles. The molecule has 0 aliphatic heterocycles. The largest absolute Gasteiger partial charge is 0.506 e. The Balaban J connectivity index is 2.74. The van der Waals surface area contributed by atoms with Crippen molar-refractivity contribution < 1.29 is 17.7 Å². The molecule has 0 heterocycles. The molecule has 0 N–H and O–H groups in total. The van der Waals surface area contributed by atoms with E-state index in [1.165, 1.54) is 14.2 Å². The van der Waals surface area contributed by atoms with E-state index in [4.69, 9.17) is 13.3 Å². The topological polar surface area (TPSA) is 27.7 Å². The second kappa shape index (κ2) is 5.97. The first-order valence-corrected chi connectivity index (χ1v) is 6.53. The van der Waals surface area contributed by atoms with Crippen molar-refractivity contribution >= 4 is 8.80 Å². The Kier molecular flexibility index (Phi) is 4.90. The number of alkyl halides is 1. The summed E-state index contributed by atoms with van der Waals surface area (Å²) in [5, 5.41) is 0. The van der Waals surface area contributed by atoms with Crippen molar-refractivity contribution in [3.63, 3.8) is 0 Å². The summed E-state index contributed by atoms with van der Waals surface area (Å²) >= 11 is 0. The highest BCUT2D eigenvalue weighted by atomic mass is 28.4. The number of hydrogen-bond acceptors (Lipinski definition) is 3. The van der Waals surface area contributed by atoms with Gasteiger partial charge in [0.25, 0.3) is 0 Å². The van der Waals surface area contributed by atoms with Crippen molar-refractivity contribution in [1.82, 2.24) is 0 Å². The number of benzene rings is 1. The molecule has 1 aromatic rings. The highest BCUT2D eigenvalue weighted by molar-refractivity contribution is 6.60. The van der Waals surface area contributed by atoms with Gasteiger partial charge in [-0.05, 0) is 5.56 Å². The summed E-state index contributed by atoms with van der Waals surface area (Å²) in [6.07, 6.45) is 0. The molecule has 0 aliphatic rings. The molecule has 0 unspecified atom stereocenters. The molecule has 0 saturated carbocycles. The van der Waals surface area contributed by atoms with Gasteiger partial charge in [0.2, 0.25) is 0 Å². The zero-order valence-electron chi connectivity index (χ0n) is 8.90. The predicted octanol–water partition coefficient (Wildman–Crippen LogP) is 1.94. The molecular weight excluding hydrogens is 215 g/mol. The highest BCUT2D eigenvalue weighted by Gasteiger charge is 2.39. The highest BCUT2D eigenvalue weighted by Crippen LogP contribution is 2.15. The fourth-order valence-corrected chi connectivity index (χ4v) is 3.02. The lowest BCUT2D eigenvalue weighted by Crippen LogP contribution is -2.46. The SMILES string of the molecule is CO[Si](Cc1ccccc1)(OC)OCF. The summed E-state index contributed by atoms with van der Waals surface area (Å²) < 4.78 is 27.5. The quantitative estimate of drug-likeness (QED) is 0.699. The van der Waals surface area contributed by atoms with E-state index >= 15 is 0 Å². The van der Waals surface area contributed by atoms with Gasteiger partial charge in [-0.3, -0.25) is 0 Å². The smallest absolute Gasteiger partial charge is 0.377 e. The summed E-state index contributed by atoms with van der Waals surface area (Å²) in [6.45, 7) is -0.888. The molecule has 5 heteroatoms.